The molecule has 6 nitrogen and oxygen atoms in total. The Morgan fingerprint density at radius 2 is 2.12 bits per heavy atom. The maximum Gasteiger partial charge on any atom is 0.236 e. The number of β-amino-alcohol motifs (C(OH)–C–C–N with tert-alkyl or cyclic N) is 1. The first-order valence-electron chi connectivity index (χ1n) is 11.1. The molecule has 1 amide bonds. The fourth-order valence-corrected chi connectivity index (χ4v) is 5.81. The third kappa shape index (κ3) is 4.38. The normalized spacial score (nSPS) is 20.4. The summed E-state index contributed by atoms with van der Waals surface area (Å²) in [5.74, 6) is 0.709. The van der Waals surface area contributed by atoms with Gasteiger partial charge in [0.2, 0.25) is 5.91 Å². The molecule has 2 atom stereocenters. The minimum Gasteiger partial charge on any atom is -0.497 e. The van der Waals surface area contributed by atoms with E-state index < -0.39 is 5.41 Å². The third-order valence-electron chi connectivity index (χ3n) is 6.58. The van der Waals surface area contributed by atoms with Gasteiger partial charge in [-0.25, -0.2) is 4.98 Å². The van der Waals surface area contributed by atoms with Crippen LogP contribution in [0.15, 0.2) is 54.7 Å². The number of hydrogen-bond donors (Lipinski definition) is 2. The average Bonchev–Trinajstić information content (AvgIpc) is 3.35. The van der Waals surface area contributed by atoms with Crippen LogP contribution in [0.3, 0.4) is 0 Å². The number of ether oxygens (including phenoxy) is 1. The molecule has 3 aromatic rings. The maximum absolute atomic E-state index is 13.2. The van der Waals surface area contributed by atoms with E-state index >= 15 is 0 Å². The topological polar surface area (TPSA) is 74.7 Å². The van der Waals surface area contributed by atoms with Gasteiger partial charge in [-0.3, -0.25) is 9.69 Å². The fourth-order valence-electron chi connectivity index (χ4n) is 4.61. The van der Waals surface area contributed by atoms with Crippen molar-refractivity contribution in [3.63, 3.8) is 0 Å². The van der Waals surface area contributed by atoms with E-state index in [1.54, 1.807) is 7.11 Å². The van der Waals surface area contributed by atoms with Crippen LogP contribution in [0.5, 0.6) is 5.75 Å². The number of carbonyl (C=O) groups is 1. The van der Waals surface area contributed by atoms with E-state index in [2.05, 4.69) is 15.2 Å². The molecule has 1 unspecified atom stereocenters. The lowest BCUT2D eigenvalue weighted by molar-refractivity contribution is -0.118. The standard InChI is InChI=1S/C25H26ClN3O3S/c1-32-18-6-4-5-16(13-18)25(10-11-25)23(31)28-24-27-14-21(33-24)22(29-12-9-17(30)15-29)19-7-2-3-8-20(19)26/h2-8,13-14,17,22,30H,9-12,15H2,1H3,(H,27,28,31)/t17-,22?/m1/s1. The molecular formula is C25H26ClN3O3S. The number of rotatable bonds is 7. The van der Waals surface area contributed by atoms with Crippen LogP contribution >= 0.6 is 22.9 Å². The van der Waals surface area contributed by atoms with Crippen molar-refractivity contribution in [3.8, 4) is 5.75 Å². The summed E-state index contributed by atoms with van der Waals surface area (Å²) in [6.07, 6.45) is 3.80. The van der Waals surface area contributed by atoms with Crippen molar-refractivity contribution in [3.05, 3.63) is 75.8 Å². The molecular weight excluding hydrogens is 458 g/mol. The third-order valence-corrected chi connectivity index (χ3v) is 7.89. The van der Waals surface area contributed by atoms with Gasteiger partial charge in [-0.2, -0.15) is 0 Å². The van der Waals surface area contributed by atoms with Gasteiger partial charge in [0.1, 0.15) is 5.75 Å². The van der Waals surface area contributed by atoms with Crippen molar-refractivity contribution in [1.82, 2.24) is 9.88 Å². The summed E-state index contributed by atoms with van der Waals surface area (Å²) in [6.45, 7) is 1.35. The molecule has 0 spiro atoms. The average molecular weight is 484 g/mol. The number of anilines is 1. The molecule has 1 saturated carbocycles. The van der Waals surface area contributed by atoms with Crippen molar-refractivity contribution in [2.24, 2.45) is 0 Å². The number of methoxy groups -OCH3 is 1. The summed E-state index contributed by atoms with van der Waals surface area (Å²) < 4.78 is 5.34. The van der Waals surface area contributed by atoms with Gasteiger partial charge in [0.25, 0.3) is 0 Å². The highest BCUT2D eigenvalue weighted by atomic mass is 35.5. The molecule has 1 aliphatic heterocycles. The van der Waals surface area contributed by atoms with Crippen molar-refractivity contribution in [2.45, 2.75) is 36.8 Å². The Labute approximate surface area is 202 Å². The van der Waals surface area contributed by atoms with E-state index in [0.29, 0.717) is 16.7 Å². The van der Waals surface area contributed by atoms with Crippen LogP contribution in [-0.2, 0) is 10.2 Å². The minimum atomic E-state index is -0.526. The minimum absolute atomic E-state index is 0.0393. The molecule has 172 valence electrons. The Bertz CT molecular complexity index is 1160. The largest absolute Gasteiger partial charge is 0.497 e. The number of likely N-dealkylation sites (tertiary alicyclic amines) is 1. The molecule has 2 aromatic carbocycles. The van der Waals surface area contributed by atoms with Crippen LogP contribution in [0.25, 0.3) is 0 Å². The van der Waals surface area contributed by atoms with Gasteiger partial charge in [-0.1, -0.05) is 53.3 Å². The number of benzene rings is 2. The number of nitrogens with one attached hydrogen (secondary N) is 1. The van der Waals surface area contributed by atoms with E-state index in [4.69, 9.17) is 16.3 Å². The monoisotopic (exact) mass is 483 g/mol. The van der Waals surface area contributed by atoms with Crippen molar-refractivity contribution in [2.75, 3.05) is 25.5 Å². The number of carbonyl (C=O) groups excluding carboxylic acids is 1. The quantitative estimate of drug-likeness (QED) is 0.512. The van der Waals surface area contributed by atoms with E-state index in [1.807, 2.05) is 54.7 Å². The van der Waals surface area contributed by atoms with Gasteiger partial charge in [0, 0.05) is 29.2 Å². The molecule has 2 fully saturated rings. The number of halogens is 1. The lowest BCUT2D eigenvalue weighted by Crippen LogP contribution is -2.28. The fraction of sp³-hybridized carbons (Fsp3) is 0.360. The first kappa shape index (κ1) is 22.3. The highest BCUT2D eigenvalue weighted by Crippen LogP contribution is 2.50. The second-order valence-electron chi connectivity index (χ2n) is 8.70. The van der Waals surface area contributed by atoms with E-state index in [0.717, 1.165) is 47.6 Å². The molecule has 0 bridgehead atoms. The summed E-state index contributed by atoms with van der Waals surface area (Å²) in [5, 5.41) is 14.4. The number of aliphatic hydroxyl groups is 1. The molecule has 2 heterocycles. The van der Waals surface area contributed by atoms with Gasteiger partial charge in [-0.15, -0.1) is 0 Å². The summed E-state index contributed by atoms with van der Waals surface area (Å²) >= 11 is 8.01. The zero-order valence-electron chi connectivity index (χ0n) is 18.3. The van der Waals surface area contributed by atoms with Crippen LogP contribution in [0.1, 0.15) is 41.3 Å². The highest BCUT2D eigenvalue weighted by molar-refractivity contribution is 7.15. The van der Waals surface area contributed by atoms with Gasteiger partial charge in [-0.05, 0) is 48.6 Å². The number of aliphatic hydroxyl groups excluding tert-OH is 1. The summed E-state index contributed by atoms with van der Waals surface area (Å²) in [7, 11) is 1.63. The van der Waals surface area contributed by atoms with Gasteiger partial charge in [0.15, 0.2) is 5.13 Å². The predicted molar refractivity (Wildman–Crippen MR) is 130 cm³/mol. The van der Waals surface area contributed by atoms with Crippen molar-refractivity contribution >= 4 is 34.0 Å². The number of hydrogen-bond acceptors (Lipinski definition) is 6. The number of thiazole rings is 1. The highest BCUT2D eigenvalue weighted by Gasteiger charge is 2.51. The summed E-state index contributed by atoms with van der Waals surface area (Å²) in [5.41, 5.74) is 1.42. The Hall–Kier alpha value is -2.45. The summed E-state index contributed by atoms with van der Waals surface area (Å²) in [4.78, 5) is 21.0. The maximum atomic E-state index is 13.2. The number of amides is 1. The number of aromatic nitrogens is 1. The lowest BCUT2D eigenvalue weighted by atomic mass is 9.95. The first-order chi connectivity index (χ1) is 16.0. The van der Waals surface area contributed by atoms with E-state index in [1.165, 1.54) is 11.3 Å². The van der Waals surface area contributed by atoms with Crippen molar-refractivity contribution < 1.29 is 14.6 Å². The molecule has 1 aliphatic carbocycles. The SMILES string of the molecule is COc1cccc(C2(C(=O)Nc3ncc(C(c4ccccc4Cl)N4CC[C@@H](O)C4)s3)CC2)c1. The van der Waals surface area contributed by atoms with Gasteiger partial charge in [0.05, 0.1) is 24.7 Å². The molecule has 2 aliphatic rings. The van der Waals surface area contributed by atoms with Crippen molar-refractivity contribution in [1.29, 1.82) is 0 Å². The summed E-state index contributed by atoms with van der Waals surface area (Å²) in [6, 6.07) is 15.4. The zero-order chi connectivity index (χ0) is 23.0. The molecule has 2 N–H and O–H groups in total. The molecule has 33 heavy (non-hydrogen) atoms. The van der Waals surface area contributed by atoms with Crippen LogP contribution in [0.4, 0.5) is 5.13 Å². The first-order valence-corrected chi connectivity index (χ1v) is 12.3. The van der Waals surface area contributed by atoms with E-state index in [-0.39, 0.29) is 18.1 Å². The Morgan fingerprint density at radius 3 is 2.82 bits per heavy atom. The van der Waals surface area contributed by atoms with Gasteiger partial charge >= 0.3 is 0 Å². The molecule has 1 saturated heterocycles. The molecule has 5 rings (SSSR count). The molecule has 0 radical (unpaired) electrons. The van der Waals surface area contributed by atoms with Gasteiger partial charge < -0.3 is 15.2 Å². The molecule has 8 heteroatoms. The molecule has 1 aromatic heterocycles. The second-order valence-corrected chi connectivity index (χ2v) is 10.2. The second kappa shape index (κ2) is 9.06. The van der Waals surface area contributed by atoms with E-state index in [9.17, 15) is 9.90 Å². The van der Waals surface area contributed by atoms with Crippen LogP contribution in [0, 0.1) is 0 Å². The predicted octanol–water partition coefficient (Wildman–Crippen LogP) is 4.63. The number of nitrogens with zero attached hydrogens (tertiary/aromatic N) is 2. The smallest absolute Gasteiger partial charge is 0.236 e. The van der Waals surface area contributed by atoms with Crippen LogP contribution in [0.2, 0.25) is 5.02 Å². The Morgan fingerprint density at radius 1 is 1.30 bits per heavy atom. The Balaban J connectivity index is 1.39. The van der Waals surface area contributed by atoms with Crippen LogP contribution < -0.4 is 10.1 Å². The Kier molecular flexibility index (Phi) is 6.14. The lowest BCUT2D eigenvalue weighted by Gasteiger charge is -2.27. The van der Waals surface area contributed by atoms with Crippen LogP contribution in [-0.4, -0.2) is 47.2 Å². The zero-order valence-corrected chi connectivity index (χ0v) is 19.9.